The van der Waals surface area contributed by atoms with E-state index < -0.39 is 0 Å². The first-order valence-electron chi connectivity index (χ1n) is 4.09. The van der Waals surface area contributed by atoms with Crippen LogP contribution in [0.2, 0.25) is 5.02 Å². The molecule has 0 heterocycles. The Morgan fingerprint density at radius 1 is 1.54 bits per heavy atom. The van der Waals surface area contributed by atoms with E-state index in [0.29, 0.717) is 11.6 Å². The monoisotopic (exact) mass is 195 g/mol. The molecule has 3 heteroatoms. The molecule has 0 aliphatic heterocycles. The molecular weight excluding hydrogens is 186 g/mol. The average Bonchev–Trinajstić information content (AvgIpc) is 2.16. The molecule has 2 nitrogen and oxygen atoms in total. The van der Waals surface area contributed by atoms with Crippen LogP contribution < -0.4 is 0 Å². The molecule has 68 valence electrons. The Labute approximate surface area is 82.3 Å². The fourth-order valence-corrected chi connectivity index (χ4v) is 1.32. The molecule has 13 heavy (non-hydrogen) atoms. The number of hydrogen-bond acceptors (Lipinski definition) is 2. The highest BCUT2D eigenvalue weighted by Gasteiger charge is 1.99. The van der Waals surface area contributed by atoms with Crippen LogP contribution in [0.25, 0.3) is 0 Å². The first kappa shape index (κ1) is 9.97. The molecule has 0 N–H and O–H groups in total. The molecule has 0 saturated heterocycles. The summed E-state index contributed by atoms with van der Waals surface area (Å²) in [7, 11) is 0. The number of halogens is 1. The van der Waals surface area contributed by atoms with E-state index in [1.807, 2.05) is 18.2 Å². The normalized spacial score (nSPS) is 9.38. The third-order valence-electron chi connectivity index (χ3n) is 1.84. The third kappa shape index (κ3) is 2.69. The van der Waals surface area contributed by atoms with Crippen LogP contribution in [0.15, 0.2) is 23.2 Å². The Hall–Kier alpha value is -1.11. The number of nitrogens with zero attached hydrogens (tertiary/aromatic N) is 1. The van der Waals surface area contributed by atoms with Gasteiger partial charge in [0.15, 0.2) is 0 Å². The van der Waals surface area contributed by atoms with Gasteiger partial charge in [-0.2, -0.15) is 0 Å². The molecule has 0 aliphatic rings. The van der Waals surface area contributed by atoms with E-state index in [2.05, 4.69) is 11.9 Å². The highest BCUT2D eigenvalue weighted by Crippen LogP contribution is 2.18. The van der Waals surface area contributed by atoms with Crippen molar-refractivity contribution >= 4 is 17.7 Å². The molecule has 1 aromatic rings. The first-order valence-corrected chi connectivity index (χ1v) is 4.46. The van der Waals surface area contributed by atoms with Crippen LogP contribution in [0, 0.1) is 0 Å². The lowest BCUT2D eigenvalue weighted by Gasteiger charge is -2.01. The molecule has 0 aromatic heterocycles. The smallest absolute Gasteiger partial charge is 0.211 e. The fraction of sp³-hybridized carbons (Fsp3) is 0.300. The Morgan fingerprint density at radius 2 is 2.31 bits per heavy atom. The predicted molar refractivity (Wildman–Crippen MR) is 52.7 cm³/mol. The van der Waals surface area contributed by atoms with Crippen LogP contribution in [0.5, 0.6) is 0 Å². The summed E-state index contributed by atoms with van der Waals surface area (Å²) < 4.78 is 0. The lowest BCUT2D eigenvalue weighted by atomic mass is 10.1. The molecule has 1 rings (SSSR count). The highest BCUT2D eigenvalue weighted by molar-refractivity contribution is 6.31. The van der Waals surface area contributed by atoms with Gasteiger partial charge in [-0.15, -0.1) is 0 Å². The van der Waals surface area contributed by atoms with Gasteiger partial charge in [-0.25, -0.2) is 9.79 Å². The van der Waals surface area contributed by atoms with Crippen molar-refractivity contribution in [1.29, 1.82) is 0 Å². The summed E-state index contributed by atoms with van der Waals surface area (Å²) in [6.45, 7) is 2.38. The van der Waals surface area contributed by atoms with Crippen LogP contribution >= 0.6 is 11.6 Å². The van der Waals surface area contributed by atoms with Crippen LogP contribution in [-0.4, -0.2) is 6.08 Å². The Balaban J connectivity index is 2.91. The molecule has 0 atom stereocenters. The van der Waals surface area contributed by atoms with Crippen molar-refractivity contribution in [3.63, 3.8) is 0 Å². The summed E-state index contributed by atoms with van der Waals surface area (Å²) in [5.74, 6) is 0. The van der Waals surface area contributed by atoms with Gasteiger partial charge >= 0.3 is 0 Å². The van der Waals surface area contributed by atoms with Gasteiger partial charge < -0.3 is 0 Å². The molecule has 0 unspecified atom stereocenters. The second kappa shape index (κ2) is 4.80. The molecule has 0 bridgehead atoms. The van der Waals surface area contributed by atoms with Gasteiger partial charge in [0.2, 0.25) is 6.08 Å². The van der Waals surface area contributed by atoms with Crippen LogP contribution in [0.4, 0.5) is 0 Å². The number of carbonyl (C=O) groups excluding carboxylic acids is 1. The second-order valence-electron chi connectivity index (χ2n) is 2.69. The number of aliphatic imine (C=N–C) groups is 1. The summed E-state index contributed by atoms with van der Waals surface area (Å²) >= 11 is 5.95. The molecule has 0 saturated carbocycles. The van der Waals surface area contributed by atoms with Crippen molar-refractivity contribution in [3.8, 4) is 0 Å². The van der Waals surface area contributed by atoms with Gasteiger partial charge in [0.25, 0.3) is 0 Å². The van der Waals surface area contributed by atoms with Crippen LogP contribution in [0.1, 0.15) is 18.1 Å². The van der Waals surface area contributed by atoms with E-state index >= 15 is 0 Å². The van der Waals surface area contributed by atoms with Crippen molar-refractivity contribution in [1.82, 2.24) is 0 Å². The Bertz CT molecular complexity index is 343. The standard InChI is InChI=1S/C10H10ClNO/c1-2-8-3-4-9(6-12-7-13)10(11)5-8/h3-5H,2,6H2,1H3. The lowest BCUT2D eigenvalue weighted by molar-refractivity contribution is 0.563. The number of isocyanates is 1. The van der Waals surface area contributed by atoms with Gasteiger partial charge in [0.1, 0.15) is 0 Å². The molecule has 0 amide bonds. The molecule has 0 fully saturated rings. The zero-order valence-corrected chi connectivity index (χ0v) is 8.14. The van der Waals surface area contributed by atoms with Gasteiger partial charge in [-0.3, -0.25) is 0 Å². The summed E-state index contributed by atoms with van der Waals surface area (Å²) in [5, 5.41) is 0.665. The quantitative estimate of drug-likeness (QED) is 0.539. The molecular formula is C10H10ClNO. The SMILES string of the molecule is CCc1ccc(CN=C=O)c(Cl)c1. The fourth-order valence-electron chi connectivity index (χ4n) is 1.06. The van der Waals surface area contributed by atoms with Crippen LogP contribution in [0.3, 0.4) is 0 Å². The minimum absolute atomic E-state index is 0.312. The van der Waals surface area contributed by atoms with Gasteiger partial charge in [-0.1, -0.05) is 30.7 Å². The van der Waals surface area contributed by atoms with Gasteiger partial charge in [0.05, 0.1) is 6.54 Å². The molecule has 0 spiro atoms. The summed E-state index contributed by atoms with van der Waals surface area (Å²) in [5.41, 5.74) is 2.05. The zero-order valence-electron chi connectivity index (χ0n) is 7.38. The van der Waals surface area contributed by atoms with E-state index in [4.69, 9.17) is 11.6 Å². The maximum absolute atomic E-state index is 9.88. The molecule has 0 aliphatic carbocycles. The lowest BCUT2D eigenvalue weighted by Crippen LogP contribution is -1.86. The van der Waals surface area contributed by atoms with Crippen molar-refractivity contribution in [3.05, 3.63) is 34.3 Å². The molecule has 1 aromatic carbocycles. The summed E-state index contributed by atoms with van der Waals surface area (Å²) in [6.07, 6.45) is 2.44. The van der Waals surface area contributed by atoms with E-state index in [1.165, 1.54) is 11.6 Å². The predicted octanol–water partition coefficient (Wildman–Crippen LogP) is 2.74. The largest absolute Gasteiger partial charge is 0.235 e. The maximum atomic E-state index is 9.88. The number of aryl methyl sites for hydroxylation is 1. The van der Waals surface area contributed by atoms with Crippen LogP contribution in [-0.2, 0) is 17.8 Å². The van der Waals surface area contributed by atoms with Crippen molar-refractivity contribution in [2.24, 2.45) is 4.99 Å². The number of rotatable bonds is 3. The minimum atomic E-state index is 0.312. The average molecular weight is 196 g/mol. The maximum Gasteiger partial charge on any atom is 0.235 e. The Kier molecular flexibility index (Phi) is 3.69. The first-order chi connectivity index (χ1) is 6.27. The van der Waals surface area contributed by atoms with E-state index in [0.717, 1.165) is 12.0 Å². The van der Waals surface area contributed by atoms with Crippen molar-refractivity contribution < 1.29 is 4.79 Å². The van der Waals surface area contributed by atoms with Crippen molar-refractivity contribution in [2.45, 2.75) is 19.9 Å². The highest BCUT2D eigenvalue weighted by atomic mass is 35.5. The van der Waals surface area contributed by atoms with Crippen molar-refractivity contribution in [2.75, 3.05) is 0 Å². The minimum Gasteiger partial charge on any atom is -0.211 e. The molecule has 0 radical (unpaired) electrons. The second-order valence-corrected chi connectivity index (χ2v) is 3.09. The summed E-state index contributed by atoms with van der Waals surface area (Å²) in [6, 6.07) is 5.78. The van der Waals surface area contributed by atoms with E-state index in [1.54, 1.807) is 0 Å². The number of benzene rings is 1. The topological polar surface area (TPSA) is 29.4 Å². The zero-order chi connectivity index (χ0) is 9.68. The number of hydrogen-bond donors (Lipinski definition) is 0. The van der Waals surface area contributed by atoms with E-state index in [9.17, 15) is 4.79 Å². The van der Waals surface area contributed by atoms with Gasteiger partial charge in [0, 0.05) is 5.02 Å². The van der Waals surface area contributed by atoms with Gasteiger partial charge in [-0.05, 0) is 23.6 Å². The van der Waals surface area contributed by atoms with E-state index in [-0.39, 0.29) is 0 Å². The summed E-state index contributed by atoms with van der Waals surface area (Å²) in [4.78, 5) is 13.3. The third-order valence-corrected chi connectivity index (χ3v) is 2.19. The Morgan fingerprint density at radius 3 is 2.85 bits per heavy atom.